The van der Waals surface area contributed by atoms with E-state index >= 15 is 0 Å². The van der Waals surface area contributed by atoms with Gasteiger partial charge >= 0.3 is 5.97 Å². The maximum atomic E-state index is 12.9. The normalized spacial score (nSPS) is 26.8. The summed E-state index contributed by atoms with van der Waals surface area (Å²) < 4.78 is 28.6. The summed E-state index contributed by atoms with van der Waals surface area (Å²) in [5.74, 6) is 1.03. The maximum absolute atomic E-state index is 12.9. The van der Waals surface area contributed by atoms with Crippen molar-refractivity contribution < 1.29 is 18.3 Å². The van der Waals surface area contributed by atoms with Crippen molar-refractivity contribution in [3.05, 3.63) is 40.9 Å². The summed E-state index contributed by atoms with van der Waals surface area (Å²) in [6, 6.07) is 4.84. The lowest BCUT2D eigenvalue weighted by atomic mass is 9.58. The topological polar surface area (TPSA) is 83.5 Å². The molecule has 3 fully saturated rings. The number of halogens is 1. The second kappa shape index (κ2) is 9.63. The Morgan fingerprint density at radius 1 is 1.24 bits per heavy atom. The minimum absolute atomic E-state index is 0.185. The Labute approximate surface area is 178 Å². The van der Waals surface area contributed by atoms with Gasteiger partial charge in [-0.1, -0.05) is 23.8 Å². The summed E-state index contributed by atoms with van der Waals surface area (Å²) in [7, 11) is -3.58. The molecule has 2 bridgehead atoms. The van der Waals surface area contributed by atoms with Crippen molar-refractivity contribution in [2.45, 2.75) is 56.8 Å². The molecule has 29 heavy (non-hydrogen) atoms. The van der Waals surface area contributed by atoms with Gasteiger partial charge in [-0.05, 0) is 92.9 Å². The molecule has 1 aromatic rings. The second-order valence-corrected chi connectivity index (χ2v) is 10.6. The molecule has 160 valence electrons. The van der Waals surface area contributed by atoms with Crippen LogP contribution in [0.3, 0.4) is 0 Å². The minimum atomic E-state index is -3.58. The first-order valence-electron chi connectivity index (χ1n) is 10.4. The van der Waals surface area contributed by atoms with E-state index in [1.807, 2.05) is 0 Å². The molecule has 2 N–H and O–H groups in total. The Bertz CT molecular complexity index is 860. The molecular weight excluding hydrogens is 410 g/mol. The molecule has 0 unspecified atom stereocenters. The van der Waals surface area contributed by atoms with Gasteiger partial charge in [-0.3, -0.25) is 4.79 Å². The summed E-state index contributed by atoms with van der Waals surface area (Å²) in [4.78, 5) is 10.9. The predicted molar refractivity (Wildman–Crippen MR) is 114 cm³/mol. The molecule has 0 heterocycles. The Kier molecular flexibility index (Phi) is 7.41. The van der Waals surface area contributed by atoms with E-state index in [1.165, 1.54) is 25.7 Å². The molecule has 0 aromatic heterocycles. The number of hydrogen-bond donors (Lipinski definition) is 2. The van der Waals surface area contributed by atoms with Gasteiger partial charge in [-0.15, -0.1) is 0 Å². The highest BCUT2D eigenvalue weighted by atomic mass is 35.5. The van der Waals surface area contributed by atoms with E-state index in [0.29, 0.717) is 47.2 Å². The fourth-order valence-corrected chi connectivity index (χ4v) is 6.57. The zero-order chi connectivity index (χ0) is 21.0. The van der Waals surface area contributed by atoms with Crippen LogP contribution in [0.15, 0.2) is 35.2 Å². The van der Waals surface area contributed by atoms with Crippen LogP contribution < -0.4 is 4.72 Å². The van der Waals surface area contributed by atoms with E-state index in [2.05, 4.69) is 16.9 Å². The van der Waals surface area contributed by atoms with Crippen LogP contribution in [-0.4, -0.2) is 26.0 Å². The maximum Gasteiger partial charge on any atom is 0.303 e. The fraction of sp³-hybridized carbons (Fsp3) is 0.591. The Morgan fingerprint density at radius 3 is 2.59 bits per heavy atom. The lowest BCUT2D eigenvalue weighted by molar-refractivity contribution is -0.137. The van der Waals surface area contributed by atoms with E-state index in [1.54, 1.807) is 25.1 Å². The first kappa shape index (κ1) is 22.3. The van der Waals surface area contributed by atoms with Crippen LogP contribution in [0, 0.1) is 30.6 Å². The molecule has 0 saturated heterocycles. The minimum Gasteiger partial charge on any atom is -0.481 e. The molecule has 0 amide bonds. The number of benzene rings is 1. The van der Waals surface area contributed by atoms with Crippen molar-refractivity contribution in [1.29, 1.82) is 0 Å². The van der Waals surface area contributed by atoms with Gasteiger partial charge in [0.05, 0.1) is 4.90 Å². The van der Waals surface area contributed by atoms with E-state index in [0.717, 1.165) is 6.42 Å². The van der Waals surface area contributed by atoms with Crippen LogP contribution >= 0.6 is 11.6 Å². The summed E-state index contributed by atoms with van der Waals surface area (Å²) in [6.45, 7) is 2.20. The molecule has 3 aliphatic rings. The number of sulfonamides is 1. The highest BCUT2D eigenvalue weighted by Crippen LogP contribution is 2.49. The van der Waals surface area contributed by atoms with Crippen molar-refractivity contribution in [1.82, 2.24) is 4.72 Å². The van der Waals surface area contributed by atoms with Crippen LogP contribution in [0.5, 0.6) is 0 Å². The van der Waals surface area contributed by atoms with Crippen LogP contribution in [0.1, 0.15) is 50.5 Å². The molecular formula is C22H30ClNO4S. The van der Waals surface area contributed by atoms with Crippen LogP contribution in [0.4, 0.5) is 0 Å². The summed E-state index contributed by atoms with van der Waals surface area (Å²) in [5, 5.41) is 9.29. The quantitative estimate of drug-likeness (QED) is 0.428. The Hall–Kier alpha value is -1.37. The van der Waals surface area contributed by atoms with Crippen LogP contribution in [-0.2, 0) is 14.8 Å². The predicted octanol–water partition coefficient (Wildman–Crippen LogP) is 4.79. The monoisotopic (exact) mass is 439 g/mol. The van der Waals surface area contributed by atoms with Gasteiger partial charge < -0.3 is 5.11 Å². The zero-order valence-corrected chi connectivity index (χ0v) is 18.4. The van der Waals surface area contributed by atoms with Gasteiger partial charge in [0, 0.05) is 18.0 Å². The number of hydrogen-bond acceptors (Lipinski definition) is 3. The molecule has 1 aromatic carbocycles. The van der Waals surface area contributed by atoms with E-state index in [9.17, 15) is 13.2 Å². The fourth-order valence-electron chi connectivity index (χ4n) is 5.05. The lowest BCUT2D eigenvalue weighted by Crippen LogP contribution is -2.45. The first-order chi connectivity index (χ1) is 13.8. The number of carboxylic acid groups (broad SMARTS) is 1. The largest absolute Gasteiger partial charge is 0.481 e. The number of nitrogens with one attached hydrogen (secondary N) is 1. The number of aliphatic carboxylic acids is 1. The van der Waals surface area contributed by atoms with Gasteiger partial charge in [-0.2, -0.15) is 0 Å². The molecule has 7 heteroatoms. The van der Waals surface area contributed by atoms with Gasteiger partial charge in [0.15, 0.2) is 0 Å². The number of allylic oxidation sites excluding steroid dienone is 2. The van der Waals surface area contributed by atoms with Crippen molar-refractivity contribution in [3.63, 3.8) is 0 Å². The van der Waals surface area contributed by atoms with Crippen molar-refractivity contribution >= 4 is 27.6 Å². The molecule has 2 atom stereocenters. The van der Waals surface area contributed by atoms with Crippen molar-refractivity contribution in [2.75, 3.05) is 6.54 Å². The van der Waals surface area contributed by atoms with Gasteiger partial charge in [-0.25, -0.2) is 13.1 Å². The number of aryl methyl sites for hydroxylation is 1. The van der Waals surface area contributed by atoms with Gasteiger partial charge in [0.25, 0.3) is 0 Å². The third-order valence-electron chi connectivity index (χ3n) is 6.52. The number of carboxylic acids is 1. The van der Waals surface area contributed by atoms with Gasteiger partial charge in [0.1, 0.15) is 0 Å². The van der Waals surface area contributed by atoms with E-state index < -0.39 is 16.0 Å². The zero-order valence-electron chi connectivity index (χ0n) is 16.8. The smallest absolute Gasteiger partial charge is 0.303 e. The van der Waals surface area contributed by atoms with Crippen LogP contribution in [0.2, 0.25) is 5.02 Å². The average Bonchev–Trinajstić information content (AvgIpc) is 2.67. The number of fused-ring (bicyclic) bond motifs is 3. The molecule has 5 nitrogen and oxygen atoms in total. The van der Waals surface area contributed by atoms with Crippen molar-refractivity contribution in [3.8, 4) is 0 Å². The van der Waals surface area contributed by atoms with E-state index in [-0.39, 0.29) is 11.3 Å². The number of unbranched alkanes of at least 4 members (excludes halogenated alkanes) is 1. The summed E-state index contributed by atoms with van der Waals surface area (Å²) in [5.41, 5.74) is 0.644. The third-order valence-corrected chi connectivity index (χ3v) is 8.33. The molecule has 3 aliphatic carbocycles. The van der Waals surface area contributed by atoms with E-state index in [4.69, 9.17) is 16.7 Å². The van der Waals surface area contributed by atoms with Gasteiger partial charge in [0.2, 0.25) is 10.0 Å². The molecule has 0 radical (unpaired) electrons. The highest BCUT2D eigenvalue weighted by Gasteiger charge is 2.42. The average molecular weight is 440 g/mol. The van der Waals surface area contributed by atoms with Crippen LogP contribution in [0.25, 0.3) is 0 Å². The standard InChI is InChI=1S/C22H30ClNO4S/c1-15-13-18(23)11-12-21(15)29(27,28)24-14-20-17-9-7-16(8-10-17)19(20)5-3-2-4-6-22(25)26/h3,5,11-13,16-17,19-20,24H,2,4,6-10,14H2,1H3,(H,25,26)/b5-3-/t16?,17?,19-,20+/m1/s1. The molecule has 4 rings (SSSR count). The highest BCUT2D eigenvalue weighted by molar-refractivity contribution is 7.89. The van der Waals surface area contributed by atoms with Crippen molar-refractivity contribution in [2.24, 2.45) is 23.7 Å². The number of rotatable bonds is 9. The lowest BCUT2D eigenvalue weighted by Gasteiger charge is -2.48. The molecule has 0 aliphatic heterocycles. The number of carbonyl (C=O) groups is 1. The molecule has 0 spiro atoms. The Morgan fingerprint density at radius 2 is 1.93 bits per heavy atom. The summed E-state index contributed by atoms with van der Waals surface area (Å²) in [6.07, 6.45) is 10.6. The Balaban J connectivity index is 1.66. The summed E-state index contributed by atoms with van der Waals surface area (Å²) >= 11 is 5.96. The molecule has 3 saturated carbocycles. The first-order valence-corrected chi connectivity index (χ1v) is 12.3. The second-order valence-electron chi connectivity index (χ2n) is 8.39. The third kappa shape index (κ3) is 5.62. The SMILES string of the molecule is Cc1cc(Cl)ccc1S(=O)(=O)NC[C@H]1C2CCC(CC2)[C@H]1/C=C\CCCC(=O)O.